The molecule has 0 aliphatic carbocycles. The van der Waals surface area contributed by atoms with Crippen molar-refractivity contribution >= 4 is 51.5 Å². The van der Waals surface area contributed by atoms with Crippen LogP contribution in [0, 0.1) is 5.92 Å². The van der Waals surface area contributed by atoms with Crippen molar-refractivity contribution in [3.8, 4) is 0 Å². The van der Waals surface area contributed by atoms with E-state index in [1.54, 1.807) is 0 Å². The molecule has 0 rings (SSSR count). The zero-order valence-electron chi connectivity index (χ0n) is 8.05. The van der Waals surface area contributed by atoms with E-state index < -0.39 is 5.97 Å². The quantitative estimate of drug-likeness (QED) is 0.707. The van der Waals surface area contributed by atoms with Crippen LogP contribution in [0.1, 0.15) is 29.5 Å². The molecule has 1 N–H and O–H groups in total. The fourth-order valence-electron chi connectivity index (χ4n) is 0.412. The Morgan fingerprint density at radius 2 is 2.11 bits per heavy atom. The molecule has 0 aromatic carbocycles. The van der Waals surface area contributed by atoms with Crippen LogP contribution in [0.25, 0.3) is 0 Å². The van der Waals surface area contributed by atoms with E-state index in [9.17, 15) is 4.79 Å². The molecule has 0 unspecified atom stereocenters. The third kappa shape index (κ3) is 12.2. The first kappa shape index (κ1) is 12.6. The Balaban J connectivity index is -0.0000000817. The van der Waals surface area contributed by atoms with Crippen molar-refractivity contribution in [2.45, 2.75) is 26.7 Å². The maximum absolute atomic E-state index is 9.90. The predicted molar refractivity (Wildman–Crippen MR) is 39.7 cm³/mol. The van der Waals surface area contributed by atoms with Crippen LogP contribution in [0.3, 0.4) is 0 Å². The van der Waals surface area contributed by atoms with Crippen LogP contribution in [0.15, 0.2) is 0 Å². The summed E-state index contributed by atoms with van der Waals surface area (Å²) in [6.45, 7) is 4.03. The van der Waals surface area contributed by atoms with Crippen LogP contribution in [-0.4, -0.2) is 56.6 Å². The molecule has 0 atom stereocenters. The van der Waals surface area contributed by atoms with E-state index in [4.69, 9.17) is 5.11 Å². The summed E-state index contributed by atoms with van der Waals surface area (Å²) in [5.74, 6) is -0.190. The first-order valence-electron chi connectivity index (χ1n) is 2.84. The van der Waals surface area contributed by atoms with Gasteiger partial charge in [0.15, 0.2) is 0 Å². The monoisotopic (exact) mass is 206 g/mol. The summed E-state index contributed by atoms with van der Waals surface area (Å²) in [7, 11) is 0. The van der Waals surface area contributed by atoms with Crippen LogP contribution in [-0.2, 0) is 4.79 Å². The minimum Gasteiger partial charge on any atom is -1.00 e. The second-order valence-corrected chi connectivity index (χ2v) is 2.33. The number of aliphatic carboxylic acids is 1. The fourth-order valence-corrected chi connectivity index (χ4v) is 0.412. The van der Waals surface area contributed by atoms with Gasteiger partial charge in [-0.05, 0) is 12.3 Å². The predicted octanol–water partition coefficient (Wildman–Crippen LogP) is 1.35. The fraction of sp³-hybridized carbons (Fsp3) is 0.833. The van der Waals surface area contributed by atoms with Crippen molar-refractivity contribution in [1.29, 1.82) is 0 Å². The SMILES string of the molecule is CC(C)CCC(=O)O.[H-].[H-].[Sr+2]. The smallest absolute Gasteiger partial charge is 1.00 e. The summed E-state index contributed by atoms with van der Waals surface area (Å²) in [5, 5.41) is 8.16. The van der Waals surface area contributed by atoms with E-state index in [0.717, 1.165) is 6.42 Å². The third-order valence-corrected chi connectivity index (χ3v) is 0.936. The van der Waals surface area contributed by atoms with E-state index in [0.29, 0.717) is 12.3 Å². The van der Waals surface area contributed by atoms with Gasteiger partial charge in [-0.15, -0.1) is 0 Å². The third-order valence-electron chi connectivity index (χ3n) is 0.936. The molecule has 0 bridgehead atoms. The second-order valence-electron chi connectivity index (χ2n) is 2.33. The van der Waals surface area contributed by atoms with Crippen LogP contribution >= 0.6 is 0 Å². The van der Waals surface area contributed by atoms with Crippen molar-refractivity contribution in [3.05, 3.63) is 0 Å². The van der Waals surface area contributed by atoms with E-state index >= 15 is 0 Å². The van der Waals surface area contributed by atoms with Gasteiger partial charge in [0.25, 0.3) is 0 Å². The topological polar surface area (TPSA) is 37.3 Å². The standard InChI is InChI=1S/C6H12O2.Sr.2H/c1-5(2)3-4-6(7)8;;;/h5H,3-4H2,1-2H3,(H,7,8);;;/q;+2;2*-1. The van der Waals surface area contributed by atoms with E-state index in [1.165, 1.54) is 0 Å². The van der Waals surface area contributed by atoms with Crippen LogP contribution < -0.4 is 0 Å². The summed E-state index contributed by atoms with van der Waals surface area (Å²) < 4.78 is 0. The number of hydrogen-bond donors (Lipinski definition) is 1. The normalized spacial score (nSPS) is 8.78. The van der Waals surface area contributed by atoms with E-state index in [-0.39, 0.29) is 48.3 Å². The molecule has 0 heterocycles. The Hall–Kier alpha value is 0.951. The summed E-state index contributed by atoms with van der Waals surface area (Å²) in [4.78, 5) is 9.90. The number of hydrogen-bond acceptors (Lipinski definition) is 1. The molecule has 9 heavy (non-hydrogen) atoms. The molecule has 0 aliphatic heterocycles. The molecule has 0 radical (unpaired) electrons. The largest absolute Gasteiger partial charge is 2.00 e. The van der Waals surface area contributed by atoms with E-state index in [1.807, 2.05) is 13.8 Å². The number of carboxylic acid groups (broad SMARTS) is 1. The van der Waals surface area contributed by atoms with Gasteiger partial charge in [-0.2, -0.15) is 0 Å². The Morgan fingerprint density at radius 1 is 1.67 bits per heavy atom. The number of carbonyl (C=O) groups is 1. The van der Waals surface area contributed by atoms with Crippen LogP contribution in [0.5, 0.6) is 0 Å². The van der Waals surface area contributed by atoms with Crippen molar-refractivity contribution in [2.24, 2.45) is 5.92 Å². The minimum absolute atomic E-state index is 0. The Bertz CT molecular complexity index is 88.7. The average molecular weight is 206 g/mol. The molecule has 0 amide bonds. The van der Waals surface area contributed by atoms with Gasteiger partial charge in [0.05, 0.1) is 0 Å². The van der Waals surface area contributed by atoms with E-state index in [2.05, 4.69) is 0 Å². The van der Waals surface area contributed by atoms with Gasteiger partial charge in [-0.3, -0.25) is 4.79 Å². The summed E-state index contributed by atoms with van der Waals surface area (Å²) in [5.41, 5.74) is 0. The maximum atomic E-state index is 9.90. The molecule has 0 spiro atoms. The molecule has 52 valence electrons. The first-order chi connectivity index (χ1) is 3.63. The van der Waals surface area contributed by atoms with Crippen molar-refractivity contribution in [3.63, 3.8) is 0 Å². The molecule has 0 aliphatic rings. The molecule has 3 heteroatoms. The van der Waals surface area contributed by atoms with Crippen molar-refractivity contribution < 1.29 is 12.8 Å². The molecule has 0 saturated carbocycles. The number of carboxylic acids is 1. The molecule has 0 aromatic rings. The molecule has 0 aromatic heterocycles. The molecule has 0 saturated heterocycles. The molecular formula is C6H14O2Sr. The average Bonchev–Trinajstić information content (AvgIpc) is 1.61. The van der Waals surface area contributed by atoms with Gasteiger partial charge in [0.2, 0.25) is 0 Å². The molecule has 2 nitrogen and oxygen atoms in total. The Labute approximate surface area is 95.9 Å². The second kappa shape index (κ2) is 7.06. The zero-order valence-corrected chi connectivity index (χ0v) is 9.53. The Kier molecular flexibility index (Phi) is 9.90. The van der Waals surface area contributed by atoms with Gasteiger partial charge < -0.3 is 7.96 Å². The molecular weight excluding hydrogens is 192 g/mol. The zero-order chi connectivity index (χ0) is 6.57. The van der Waals surface area contributed by atoms with Gasteiger partial charge in [0.1, 0.15) is 0 Å². The minimum atomic E-state index is -0.696. The van der Waals surface area contributed by atoms with Gasteiger partial charge >= 0.3 is 51.5 Å². The van der Waals surface area contributed by atoms with Crippen molar-refractivity contribution in [2.75, 3.05) is 0 Å². The van der Waals surface area contributed by atoms with Gasteiger partial charge in [-0.25, -0.2) is 0 Å². The number of rotatable bonds is 3. The summed E-state index contributed by atoms with van der Waals surface area (Å²) >= 11 is 0. The van der Waals surface area contributed by atoms with Crippen LogP contribution in [0.2, 0.25) is 0 Å². The van der Waals surface area contributed by atoms with Crippen LogP contribution in [0.4, 0.5) is 0 Å². The maximum Gasteiger partial charge on any atom is 2.00 e. The van der Waals surface area contributed by atoms with Gasteiger partial charge in [-0.1, -0.05) is 13.8 Å². The summed E-state index contributed by atoms with van der Waals surface area (Å²) in [6.07, 6.45) is 1.09. The molecule has 0 fully saturated rings. The van der Waals surface area contributed by atoms with Crippen molar-refractivity contribution in [1.82, 2.24) is 0 Å². The Morgan fingerprint density at radius 3 is 2.22 bits per heavy atom. The summed E-state index contributed by atoms with van der Waals surface area (Å²) in [6, 6.07) is 0. The van der Waals surface area contributed by atoms with Gasteiger partial charge in [0, 0.05) is 6.42 Å². The first-order valence-corrected chi connectivity index (χ1v) is 2.84.